The van der Waals surface area contributed by atoms with E-state index in [1.54, 1.807) is 34.9 Å². The summed E-state index contributed by atoms with van der Waals surface area (Å²) in [6, 6.07) is 11.8. The van der Waals surface area contributed by atoms with Crippen LogP contribution in [0.15, 0.2) is 53.3 Å². The largest absolute Gasteiger partial charge is 0.473 e. The van der Waals surface area contributed by atoms with E-state index >= 15 is 0 Å². The summed E-state index contributed by atoms with van der Waals surface area (Å²) in [5, 5.41) is -0.393. The molecule has 1 aromatic heterocycles. The van der Waals surface area contributed by atoms with E-state index in [0.717, 1.165) is 23.5 Å². The molecule has 2 aromatic carbocycles. The van der Waals surface area contributed by atoms with Crippen molar-refractivity contribution in [3.63, 3.8) is 0 Å². The number of rotatable bonds is 5. The number of anilines is 1. The first-order valence-corrected chi connectivity index (χ1v) is 11.2. The number of nitrogens with zero attached hydrogens (tertiary/aromatic N) is 3. The lowest BCUT2D eigenvalue weighted by molar-refractivity contribution is -0.137. The first kappa shape index (κ1) is 23.5. The molecule has 0 radical (unpaired) electrons. The van der Waals surface area contributed by atoms with Crippen molar-refractivity contribution in [2.24, 2.45) is 0 Å². The molecule has 2 aliphatic rings. The number of benzene rings is 2. The molecular weight excluding hydrogens is 487 g/mol. The van der Waals surface area contributed by atoms with E-state index in [-0.39, 0.29) is 29.5 Å². The topological polar surface area (TPSA) is 65.8 Å². The third kappa shape index (κ3) is 4.68. The fraction of sp³-hybridized carbons (Fsp3) is 0.333. The molecule has 184 valence electrons. The molecular formula is C24H21ClF3N3O4. The van der Waals surface area contributed by atoms with Crippen LogP contribution in [0, 0.1) is 0 Å². The average Bonchev–Trinajstić information content (AvgIpc) is 3.12. The fourth-order valence-corrected chi connectivity index (χ4v) is 4.53. The predicted octanol–water partition coefficient (Wildman–Crippen LogP) is 4.90. The Bertz CT molecular complexity index is 1310. The second-order valence-electron chi connectivity index (χ2n) is 8.70. The van der Waals surface area contributed by atoms with Gasteiger partial charge in [-0.2, -0.15) is 18.2 Å². The van der Waals surface area contributed by atoms with E-state index in [0.29, 0.717) is 32.1 Å². The van der Waals surface area contributed by atoms with Gasteiger partial charge in [0.2, 0.25) is 5.88 Å². The molecule has 2 aliphatic heterocycles. The monoisotopic (exact) mass is 507 g/mol. The Hall–Kier alpha value is -3.24. The highest BCUT2D eigenvalue weighted by atomic mass is 35.5. The molecule has 7 nitrogen and oxygen atoms in total. The van der Waals surface area contributed by atoms with Crippen LogP contribution < -0.4 is 20.1 Å². The Morgan fingerprint density at radius 3 is 2.63 bits per heavy atom. The Morgan fingerprint density at radius 2 is 1.89 bits per heavy atom. The lowest BCUT2D eigenvalue weighted by atomic mass is 10.0. The minimum absolute atomic E-state index is 0.0173. The Balaban J connectivity index is 1.26. The van der Waals surface area contributed by atoms with Crippen molar-refractivity contribution in [3.8, 4) is 17.4 Å². The van der Waals surface area contributed by atoms with Gasteiger partial charge in [0.05, 0.1) is 35.9 Å². The van der Waals surface area contributed by atoms with Gasteiger partial charge in [-0.25, -0.2) is 4.79 Å². The number of halogens is 4. The standard InChI is InChI=1S/C24H21ClF3N3O4/c1-23-13-30-21(31(23)8-9-33-14-23)11-20(29-22(30)32)34-12-15-2-4-16(5-3-15)35-17-6-7-19(25)18(10-17)24(26,27)28/h2-7,10-11H,8-9,12-14H2,1H3/t23-/m1/s1. The molecule has 0 saturated carbocycles. The lowest BCUT2D eigenvalue weighted by Crippen LogP contribution is -2.53. The number of morpholine rings is 1. The Labute approximate surface area is 203 Å². The molecule has 11 heteroatoms. The van der Waals surface area contributed by atoms with Gasteiger partial charge in [0.1, 0.15) is 23.9 Å². The summed E-state index contributed by atoms with van der Waals surface area (Å²) in [5.41, 5.74) is -0.858. The van der Waals surface area contributed by atoms with Gasteiger partial charge in [-0.3, -0.25) is 4.57 Å². The Kier molecular flexibility index (Phi) is 5.88. The van der Waals surface area contributed by atoms with E-state index in [4.69, 9.17) is 25.8 Å². The molecule has 35 heavy (non-hydrogen) atoms. The van der Waals surface area contributed by atoms with Gasteiger partial charge in [-0.15, -0.1) is 0 Å². The maximum absolute atomic E-state index is 13.1. The van der Waals surface area contributed by atoms with Crippen LogP contribution in [0.5, 0.6) is 17.4 Å². The zero-order valence-electron chi connectivity index (χ0n) is 18.6. The van der Waals surface area contributed by atoms with Crippen molar-refractivity contribution in [3.05, 3.63) is 75.2 Å². The first-order valence-electron chi connectivity index (χ1n) is 10.9. The molecule has 0 unspecified atom stereocenters. The van der Waals surface area contributed by atoms with Gasteiger partial charge in [0.15, 0.2) is 0 Å². The number of aromatic nitrogens is 2. The second-order valence-corrected chi connectivity index (χ2v) is 9.10. The van der Waals surface area contributed by atoms with E-state index in [2.05, 4.69) is 16.8 Å². The SMILES string of the molecule is C[C@@]12COCCN1c1cc(OCc3ccc(Oc4ccc(Cl)c(C(F)(F)F)c4)cc3)nc(=O)n1C2. The molecule has 0 bridgehead atoms. The summed E-state index contributed by atoms with van der Waals surface area (Å²) in [6.07, 6.45) is -4.58. The van der Waals surface area contributed by atoms with Crippen molar-refractivity contribution in [1.82, 2.24) is 9.55 Å². The summed E-state index contributed by atoms with van der Waals surface area (Å²) in [4.78, 5) is 18.8. The van der Waals surface area contributed by atoms with Gasteiger partial charge < -0.3 is 19.1 Å². The highest BCUT2D eigenvalue weighted by molar-refractivity contribution is 6.31. The summed E-state index contributed by atoms with van der Waals surface area (Å²) < 4.78 is 57.7. The number of alkyl halides is 3. The molecule has 3 heterocycles. The van der Waals surface area contributed by atoms with Gasteiger partial charge >= 0.3 is 11.9 Å². The molecule has 5 rings (SSSR count). The van der Waals surface area contributed by atoms with Gasteiger partial charge in [0, 0.05) is 12.6 Å². The van der Waals surface area contributed by atoms with Crippen LogP contribution in [0.3, 0.4) is 0 Å². The summed E-state index contributed by atoms with van der Waals surface area (Å²) in [7, 11) is 0. The molecule has 0 spiro atoms. The van der Waals surface area contributed by atoms with Crippen LogP contribution in [-0.4, -0.2) is 34.8 Å². The molecule has 0 amide bonds. The van der Waals surface area contributed by atoms with Gasteiger partial charge in [0.25, 0.3) is 0 Å². The van der Waals surface area contributed by atoms with Gasteiger partial charge in [-0.05, 0) is 42.8 Å². The van der Waals surface area contributed by atoms with Crippen LogP contribution in [-0.2, 0) is 24.1 Å². The minimum atomic E-state index is -4.58. The molecule has 1 atom stereocenters. The van der Waals surface area contributed by atoms with E-state index in [1.807, 2.05) is 0 Å². The number of ether oxygens (including phenoxy) is 3. The number of hydrogen-bond acceptors (Lipinski definition) is 6. The molecule has 1 fully saturated rings. The van der Waals surface area contributed by atoms with Crippen LogP contribution in [0.25, 0.3) is 0 Å². The summed E-state index contributed by atoms with van der Waals surface area (Å²) >= 11 is 5.65. The quantitative estimate of drug-likeness (QED) is 0.489. The van der Waals surface area contributed by atoms with Crippen LogP contribution in [0.2, 0.25) is 5.02 Å². The number of fused-ring (bicyclic) bond motifs is 3. The lowest BCUT2D eigenvalue weighted by Gasteiger charge is -2.39. The first-order chi connectivity index (χ1) is 16.6. The van der Waals surface area contributed by atoms with Crippen molar-refractivity contribution in [1.29, 1.82) is 0 Å². The maximum Gasteiger partial charge on any atom is 0.417 e. The number of hydrogen-bond donors (Lipinski definition) is 0. The zero-order chi connectivity index (χ0) is 24.8. The van der Waals surface area contributed by atoms with Crippen LogP contribution in [0.4, 0.5) is 19.0 Å². The van der Waals surface area contributed by atoms with Crippen molar-refractivity contribution >= 4 is 17.4 Å². The van der Waals surface area contributed by atoms with Gasteiger partial charge in [-0.1, -0.05) is 23.7 Å². The van der Waals surface area contributed by atoms with E-state index in [1.165, 1.54) is 6.07 Å². The van der Waals surface area contributed by atoms with E-state index in [9.17, 15) is 18.0 Å². The molecule has 0 N–H and O–H groups in total. The van der Waals surface area contributed by atoms with E-state index < -0.39 is 16.8 Å². The zero-order valence-corrected chi connectivity index (χ0v) is 19.4. The van der Waals surface area contributed by atoms with Crippen molar-refractivity contribution in [2.75, 3.05) is 24.7 Å². The molecule has 3 aromatic rings. The molecule has 1 saturated heterocycles. The Morgan fingerprint density at radius 1 is 1.14 bits per heavy atom. The van der Waals surface area contributed by atoms with Crippen molar-refractivity contribution < 1.29 is 27.4 Å². The minimum Gasteiger partial charge on any atom is -0.473 e. The third-order valence-corrected chi connectivity index (χ3v) is 6.38. The van der Waals surface area contributed by atoms with Crippen molar-refractivity contribution in [2.45, 2.75) is 31.8 Å². The highest BCUT2D eigenvalue weighted by Gasteiger charge is 2.43. The average molecular weight is 508 g/mol. The fourth-order valence-electron chi connectivity index (χ4n) is 4.31. The third-order valence-electron chi connectivity index (χ3n) is 6.05. The van der Waals surface area contributed by atoms with Crippen LogP contribution >= 0.6 is 11.6 Å². The normalized spacial score (nSPS) is 19.3. The van der Waals surface area contributed by atoms with Crippen LogP contribution in [0.1, 0.15) is 18.1 Å². The smallest absolute Gasteiger partial charge is 0.417 e. The summed E-state index contributed by atoms with van der Waals surface area (Å²) in [5.74, 6) is 1.35. The predicted molar refractivity (Wildman–Crippen MR) is 122 cm³/mol. The molecule has 0 aliphatic carbocycles. The summed E-state index contributed by atoms with van der Waals surface area (Å²) in [6.45, 7) is 4.51. The highest BCUT2D eigenvalue weighted by Crippen LogP contribution is 2.38. The second kappa shape index (κ2) is 8.76. The maximum atomic E-state index is 13.1.